The maximum atomic E-state index is 6.22. The lowest BCUT2D eigenvalue weighted by molar-refractivity contribution is 0.222. The van der Waals surface area contributed by atoms with Crippen LogP contribution < -0.4 is 9.64 Å². The topological polar surface area (TPSA) is 38.2 Å². The van der Waals surface area contributed by atoms with Gasteiger partial charge in [0, 0.05) is 31.7 Å². The van der Waals surface area contributed by atoms with Crippen molar-refractivity contribution >= 4 is 29.0 Å². The summed E-state index contributed by atoms with van der Waals surface area (Å²) in [4.78, 5) is 10.5. The predicted molar refractivity (Wildman–Crippen MR) is 88.9 cm³/mol. The molecule has 2 aromatic rings. The SMILES string of the molecule is Clc1cnc(N2CCC(COc3ccncc3)CC2)c(Cl)c1. The smallest absolute Gasteiger partial charge is 0.147 e. The van der Waals surface area contributed by atoms with Crippen LogP contribution in [0, 0.1) is 5.92 Å². The van der Waals surface area contributed by atoms with Crippen LogP contribution >= 0.6 is 23.2 Å². The number of aromatic nitrogens is 2. The zero-order chi connectivity index (χ0) is 15.4. The minimum Gasteiger partial charge on any atom is -0.493 e. The van der Waals surface area contributed by atoms with Crippen molar-refractivity contribution in [3.63, 3.8) is 0 Å². The molecule has 2 aromatic heterocycles. The third-order valence-corrected chi connectivity index (χ3v) is 4.32. The highest BCUT2D eigenvalue weighted by atomic mass is 35.5. The Morgan fingerprint density at radius 3 is 2.59 bits per heavy atom. The first-order valence-electron chi connectivity index (χ1n) is 7.31. The van der Waals surface area contributed by atoms with Crippen LogP contribution in [0.2, 0.25) is 10.0 Å². The van der Waals surface area contributed by atoms with Gasteiger partial charge in [0.1, 0.15) is 11.6 Å². The summed E-state index contributed by atoms with van der Waals surface area (Å²) in [5.74, 6) is 2.25. The van der Waals surface area contributed by atoms with Gasteiger partial charge in [-0.3, -0.25) is 4.98 Å². The zero-order valence-electron chi connectivity index (χ0n) is 12.1. The lowest BCUT2D eigenvalue weighted by Gasteiger charge is -2.33. The molecule has 0 saturated carbocycles. The Morgan fingerprint density at radius 2 is 1.91 bits per heavy atom. The average Bonchev–Trinajstić information content (AvgIpc) is 2.55. The molecule has 0 unspecified atom stereocenters. The van der Waals surface area contributed by atoms with E-state index in [1.54, 1.807) is 24.7 Å². The fourth-order valence-corrected chi connectivity index (χ4v) is 3.10. The Balaban J connectivity index is 1.52. The summed E-state index contributed by atoms with van der Waals surface area (Å²) in [5.41, 5.74) is 0. The number of nitrogens with zero attached hydrogens (tertiary/aromatic N) is 3. The lowest BCUT2D eigenvalue weighted by Crippen LogP contribution is -2.36. The molecule has 0 radical (unpaired) electrons. The molecular weight excluding hydrogens is 321 g/mol. The van der Waals surface area contributed by atoms with Crippen molar-refractivity contribution in [1.82, 2.24) is 9.97 Å². The molecule has 116 valence electrons. The van der Waals surface area contributed by atoms with E-state index in [-0.39, 0.29) is 0 Å². The summed E-state index contributed by atoms with van der Waals surface area (Å²) in [6.45, 7) is 2.59. The summed E-state index contributed by atoms with van der Waals surface area (Å²) >= 11 is 12.1. The summed E-state index contributed by atoms with van der Waals surface area (Å²) < 4.78 is 5.81. The maximum absolute atomic E-state index is 6.22. The number of piperidine rings is 1. The zero-order valence-corrected chi connectivity index (χ0v) is 13.6. The number of rotatable bonds is 4. The fraction of sp³-hybridized carbons (Fsp3) is 0.375. The number of halogens is 2. The predicted octanol–water partition coefficient (Wildman–Crippen LogP) is 4.08. The summed E-state index contributed by atoms with van der Waals surface area (Å²) in [5, 5.41) is 1.17. The van der Waals surface area contributed by atoms with E-state index in [4.69, 9.17) is 27.9 Å². The third-order valence-electron chi connectivity index (χ3n) is 3.84. The molecule has 6 heteroatoms. The van der Waals surface area contributed by atoms with Crippen LogP contribution in [0.4, 0.5) is 5.82 Å². The first-order chi connectivity index (χ1) is 10.7. The van der Waals surface area contributed by atoms with Crippen molar-refractivity contribution in [3.05, 3.63) is 46.8 Å². The van der Waals surface area contributed by atoms with Gasteiger partial charge in [0.25, 0.3) is 0 Å². The second-order valence-electron chi connectivity index (χ2n) is 5.38. The molecule has 0 aliphatic carbocycles. The highest BCUT2D eigenvalue weighted by Gasteiger charge is 2.22. The van der Waals surface area contributed by atoms with E-state index in [2.05, 4.69) is 14.9 Å². The van der Waals surface area contributed by atoms with Crippen LogP contribution in [0.1, 0.15) is 12.8 Å². The number of hydrogen-bond donors (Lipinski definition) is 0. The molecule has 0 bridgehead atoms. The average molecular weight is 338 g/mol. The second-order valence-corrected chi connectivity index (χ2v) is 6.23. The van der Waals surface area contributed by atoms with Crippen molar-refractivity contribution in [2.24, 2.45) is 5.92 Å². The van der Waals surface area contributed by atoms with Crippen molar-refractivity contribution in [1.29, 1.82) is 0 Å². The minimum absolute atomic E-state index is 0.551. The Kier molecular flexibility index (Phi) is 5.01. The number of anilines is 1. The Hall–Kier alpha value is -1.52. The van der Waals surface area contributed by atoms with Crippen molar-refractivity contribution in [3.8, 4) is 5.75 Å². The van der Waals surface area contributed by atoms with E-state index in [0.717, 1.165) is 44.1 Å². The molecule has 3 heterocycles. The highest BCUT2D eigenvalue weighted by Crippen LogP contribution is 2.29. The molecule has 3 rings (SSSR count). The lowest BCUT2D eigenvalue weighted by atomic mass is 9.98. The molecule has 0 aromatic carbocycles. The van der Waals surface area contributed by atoms with Crippen molar-refractivity contribution < 1.29 is 4.74 Å². The van der Waals surface area contributed by atoms with E-state index in [1.165, 1.54) is 0 Å². The Morgan fingerprint density at radius 1 is 1.18 bits per heavy atom. The van der Waals surface area contributed by atoms with Crippen LogP contribution in [-0.2, 0) is 0 Å². The van der Waals surface area contributed by atoms with E-state index in [0.29, 0.717) is 16.0 Å². The van der Waals surface area contributed by atoms with E-state index in [9.17, 15) is 0 Å². The first-order valence-corrected chi connectivity index (χ1v) is 8.07. The van der Waals surface area contributed by atoms with Gasteiger partial charge in [0.05, 0.1) is 16.7 Å². The van der Waals surface area contributed by atoms with Gasteiger partial charge in [-0.1, -0.05) is 23.2 Å². The molecule has 1 fully saturated rings. The quantitative estimate of drug-likeness (QED) is 0.842. The molecule has 22 heavy (non-hydrogen) atoms. The monoisotopic (exact) mass is 337 g/mol. The van der Waals surface area contributed by atoms with E-state index >= 15 is 0 Å². The molecule has 1 saturated heterocycles. The molecule has 1 aliphatic heterocycles. The Bertz CT molecular complexity index is 616. The molecule has 0 amide bonds. The van der Waals surface area contributed by atoms with Gasteiger partial charge < -0.3 is 9.64 Å². The van der Waals surface area contributed by atoms with Crippen LogP contribution in [0.15, 0.2) is 36.8 Å². The normalized spacial score (nSPS) is 15.8. The van der Waals surface area contributed by atoms with Gasteiger partial charge >= 0.3 is 0 Å². The molecule has 0 N–H and O–H groups in total. The summed E-state index contributed by atoms with van der Waals surface area (Å²) in [7, 11) is 0. The van der Waals surface area contributed by atoms with Crippen LogP contribution in [0.3, 0.4) is 0 Å². The van der Waals surface area contributed by atoms with E-state index in [1.807, 2.05) is 12.1 Å². The molecule has 1 aliphatic rings. The first kappa shape index (κ1) is 15.4. The van der Waals surface area contributed by atoms with Crippen LogP contribution in [0.5, 0.6) is 5.75 Å². The van der Waals surface area contributed by atoms with Gasteiger partial charge in [0.2, 0.25) is 0 Å². The molecular formula is C16H17Cl2N3O. The standard InChI is InChI=1S/C16H17Cl2N3O/c17-13-9-15(18)16(20-10-13)21-7-3-12(4-8-21)11-22-14-1-5-19-6-2-14/h1-2,5-6,9-10,12H,3-4,7-8,11H2. The van der Waals surface area contributed by atoms with Crippen LogP contribution in [0.25, 0.3) is 0 Å². The summed E-state index contributed by atoms with van der Waals surface area (Å²) in [6.07, 6.45) is 7.25. The Labute approximate surface area is 140 Å². The number of pyridine rings is 2. The van der Waals surface area contributed by atoms with Gasteiger partial charge in [0.15, 0.2) is 0 Å². The number of hydrogen-bond acceptors (Lipinski definition) is 4. The van der Waals surface area contributed by atoms with Gasteiger partial charge in [-0.05, 0) is 37.0 Å². The maximum Gasteiger partial charge on any atom is 0.147 e. The van der Waals surface area contributed by atoms with E-state index < -0.39 is 0 Å². The largest absolute Gasteiger partial charge is 0.493 e. The molecule has 0 atom stereocenters. The van der Waals surface area contributed by atoms with Crippen molar-refractivity contribution in [2.45, 2.75) is 12.8 Å². The summed E-state index contributed by atoms with van der Waals surface area (Å²) in [6, 6.07) is 5.50. The number of ether oxygens (including phenoxy) is 1. The molecule has 4 nitrogen and oxygen atoms in total. The van der Waals surface area contributed by atoms with Gasteiger partial charge in [-0.15, -0.1) is 0 Å². The van der Waals surface area contributed by atoms with Gasteiger partial charge in [-0.25, -0.2) is 4.98 Å². The fourth-order valence-electron chi connectivity index (χ4n) is 2.60. The molecule has 0 spiro atoms. The second kappa shape index (κ2) is 7.16. The van der Waals surface area contributed by atoms with Crippen molar-refractivity contribution in [2.75, 3.05) is 24.6 Å². The minimum atomic E-state index is 0.551. The van der Waals surface area contributed by atoms with Crippen LogP contribution in [-0.4, -0.2) is 29.7 Å². The van der Waals surface area contributed by atoms with Gasteiger partial charge in [-0.2, -0.15) is 0 Å². The highest BCUT2D eigenvalue weighted by molar-refractivity contribution is 6.36. The third kappa shape index (κ3) is 3.81.